The number of ether oxygens (including phenoxy) is 4. The molecule has 0 bridgehead atoms. The van der Waals surface area contributed by atoms with Gasteiger partial charge in [0.1, 0.15) is 0 Å². The quantitative estimate of drug-likeness (QED) is 0.127. The molecule has 4 nitrogen and oxygen atoms in total. The summed E-state index contributed by atoms with van der Waals surface area (Å²) in [4.78, 5) is 0. The Hall–Kier alpha value is -0.0800. The first-order valence-corrected chi connectivity index (χ1v) is 19.5. The zero-order chi connectivity index (χ0) is 29.1. The van der Waals surface area contributed by atoms with Crippen LogP contribution in [0.4, 0.5) is 0 Å². The van der Waals surface area contributed by atoms with E-state index in [4.69, 9.17) is 18.9 Å². The molecule has 0 radical (unpaired) electrons. The third kappa shape index (κ3) is 8.30. The Labute approximate surface area is 249 Å². The number of hydrogen-bond acceptors (Lipinski definition) is 4. The molecule has 0 aromatic heterocycles. The molecule has 1 aromatic rings. The molecule has 0 N–H and O–H groups in total. The van der Waals surface area contributed by atoms with Gasteiger partial charge in [-0.05, 0) is 36.3 Å². The third-order valence-corrected chi connectivity index (χ3v) is 15.7. The fourth-order valence-corrected chi connectivity index (χ4v) is 14.1. The molecule has 6 heteroatoms. The molecule has 0 aliphatic carbocycles. The van der Waals surface area contributed by atoms with Gasteiger partial charge in [-0.3, -0.25) is 0 Å². The highest BCUT2D eigenvalue weighted by Crippen LogP contribution is 2.60. The predicted molar refractivity (Wildman–Crippen MR) is 176 cm³/mol. The summed E-state index contributed by atoms with van der Waals surface area (Å²) in [5.74, 6) is 0. The van der Waals surface area contributed by atoms with Gasteiger partial charge in [0.2, 0.25) is 0 Å². The molecule has 2 aliphatic heterocycles. The Balaban J connectivity index is 1.92. The van der Waals surface area contributed by atoms with Crippen LogP contribution in [0.25, 0.3) is 0 Å². The molecule has 3 rings (SSSR count). The van der Waals surface area contributed by atoms with Crippen molar-refractivity contribution in [3.05, 3.63) is 24.3 Å². The highest BCUT2D eigenvalue weighted by atomic mass is 31.1. The van der Waals surface area contributed by atoms with Crippen molar-refractivity contribution in [1.29, 1.82) is 0 Å². The molecule has 230 valence electrons. The number of rotatable bonds is 18. The van der Waals surface area contributed by atoms with Gasteiger partial charge < -0.3 is 18.9 Å². The second-order valence-corrected chi connectivity index (χ2v) is 17.9. The Bertz CT molecular complexity index is 727. The summed E-state index contributed by atoms with van der Waals surface area (Å²) < 4.78 is 26.5. The van der Waals surface area contributed by atoms with E-state index in [1.807, 2.05) is 0 Å². The van der Waals surface area contributed by atoms with Crippen molar-refractivity contribution >= 4 is 26.5 Å². The van der Waals surface area contributed by atoms with Gasteiger partial charge >= 0.3 is 0 Å². The molecular formula is C34H60O4P2. The van der Waals surface area contributed by atoms with Crippen LogP contribution in [0.3, 0.4) is 0 Å². The average Bonchev–Trinajstić information content (AvgIpc) is 3.32. The van der Waals surface area contributed by atoms with Crippen LogP contribution < -0.4 is 10.6 Å². The second-order valence-electron chi connectivity index (χ2n) is 12.0. The van der Waals surface area contributed by atoms with E-state index in [-0.39, 0.29) is 24.4 Å². The standard InChI is InChI=1S/C34H60O4P2/c1-9-13-21-35-31-25(5)39(26(6)32(31)36-22-14-10-2)29-19-17-18-20-30(29)40-27(7)33(37-23-15-11-3)34(28(40)8)38-24-16-12-4/h17-20,25-28,31-34H,9-16,21-24H2,1-8H3/t25-,26-,27-,28-,31+,32+,33+,34+/m0/s1. The van der Waals surface area contributed by atoms with Crippen LogP contribution in [0.1, 0.15) is 107 Å². The highest BCUT2D eigenvalue weighted by molar-refractivity contribution is 7.73. The molecule has 1 aromatic carbocycles. The normalized spacial score (nSPS) is 34.1. The fourth-order valence-electron chi connectivity index (χ4n) is 6.64. The van der Waals surface area contributed by atoms with Crippen LogP contribution >= 0.6 is 15.8 Å². The molecule has 0 amide bonds. The summed E-state index contributed by atoms with van der Waals surface area (Å²) in [6, 6.07) is 9.44. The van der Waals surface area contributed by atoms with Gasteiger partial charge in [-0.1, -0.05) is 121 Å². The van der Waals surface area contributed by atoms with Gasteiger partial charge in [-0.2, -0.15) is 0 Å². The van der Waals surface area contributed by atoms with Crippen LogP contribution in [-0.4, -0.2) is 73.5 Å². The monoisotopic (exact) mass is 594 g/mol. The number of hydrogen-bond donors (Lipinski definition) is 0. The SMILES string of the molecule is CCCCO[C@H]1[C@H](OCCCC)[C@H](C)P(c2ccccc2P2[C@@H](C)[C@@H](OCCCC)[C@H](OCCCC)[C@@H]2C)[C@H]1C. The van der Waals surface area contributed by atoms with Crippen molar-refractivity contribution in [1.82, 2.24) is 0 Å². The summed E-state index contributed by atoms with van der Waals surface area (Å²) in [5.41, 5.74) is 1.91. The molecule has 0 unspecified atom stereocenters. The summed E-state index contributed by atoms with van der Waals surface area (Å²) in [7, 11) is -0.858. The molecule has 2 saturated heterocycles. The van der Waals surface area contributed by atoms with Crippen LogP contribution in [0, 0.1) is 0 Å². The van der Waals surface area contributed by atoms with E-state index in [0.29, 0.717) is 22.6 Å². The van der Waals surface area contributed by atoms with Crippen molar-refractivity contribution in [3.8, 4) is 0 Å². The zero-order valence-electron chi connectivity index (χ0n) is 26.9. The van der Waals surface area contributed by atoms with E-state index in [1.165, 1.54) is 25.7 Å². The topological polar surface area (TPSA) is 36.9 Å². The molecule has 8 atom stereocenters. The summed E-state index contributed by atoms with van der Waals surface area (Å²) in [6.45, 7) is 22.1. The van der Waals surface area contributed by atoms with Crippen LogP contribution in [-0.2, 0) is 18.9 Å². The minimum atomic E-state index is -0.429. The van der Waals surface area contributed by atoms with Gasteiger partial charge in [-0.15, -0.1) is 0 Å². The summed E-state index contributed by atoms with van der Waals surface area (Å²) >= 11 is 0. The molecule has 0 saturated carbocycles. The maximum atomic E-state index is 6.63. The van der Waals surface area contributed by atoms with Gasteiger partial charge in [0.15, 0.2) is 0 Å². The molecule has 40 heavy (non-hydrogen) atoms. The zero-order valence-corrected chi connectivity index (χ0v) is 28.7. The van der Waals surface area contributed by atoms with E-state index in [2.05, 4.69) is 79.7 Å². The van der Waals surface area contributed by atoms with E-state index in [9.17, 15) is 0 Å². The lowest BCUT2D eigenvalue weighted by Gasteiger charge is -2.31. The van der Waals surface area contributed by atoms with Gasteiger partial charge in [0.25, 0.3) is 0 Å². The first-order valence-electron chi connectivity index (χ1n) is 16.5. The summed E-state index contributed by atoms with van der Waals surface area (Å²) in [5, 5.41) is 3.18. The van der Waals surface area contributed by atoms with E-state index in [0.717, 1.165) is 52.1 Å². The minimum Gasteiger partial charge on any atom is -0.375 e. The smallest absolute Gasteiger partial charge is 0.0910 e. The molecular weight excluding hydrogens is 534 g/mol. The Morgan fingerprint density at radius 1 is 0.475 bits per heavy atom. The first-order chi connectivity index (χ1) is 19.4. The van der Waals surface area contributed by atoms with Crippen molar-refractivity contribution in [2.24, 2.45) is 0 Å². The first kappa shape index (κ1) is 34.4. The lowest BCUT2D eigenvalue weighted by molar-refractivity contribution is -0.0647. The third-order valence-electron chi connectivity index (χ3n) is 8.98. The lowest BCUT2D eigenvalue weighted by atomic mass is 10.1. The largest absolute Gasteiger partial charge is 0.375 e. The van der Waals surface area contributed by atoms with Crippen molar-refractivity contribution < 1.29 is 18.9 Å². The van der Waals surface area contributed by atoms with Crippen molar-refractivity contribution in [2.75, 3.05) is 26.4 Å². The minimum absolute atomic E-state index is 0.180. The van der Waals surface area contributed by atoms with Gasteiger partial charge in [-0.25, -0.2) is 0 Å². The van der Waals surface area contributed by atoms with Crippen molar-refractivity contribution in [3.63, 3.8) is 0 Å². The number of benzene rings is 1. The van der Waals surface area contributed by atoms with E-state index >= 15 is 0 Å². The van der Waals surface area contributed by atoms with E-state index in [1.54, 1.807) is 10.6 Å². The highest BCUT2D eigenvalue weighted by Gasteiger charge is 2.52. The van der Waals surface area contributed by atoms with Crippen molar-refractivity contribution in [2.45, 2.75) is 154 Å². The Kier molecular flexibility index (Phi) is 15.4. The molecule has 2 aliphatic rings. The van der Waals surface area contributed by atoms with Crippen LogP contribution in [0.15, 0.2) is 24.3 Å². The second kappa shape index (κ2) is 17.9. The van der Waals surface area contributed by atoms with Crippen LogP contribution in [0.5, 0.6) is 0 Å². The maximum Gasteiger partial charge on any atom is 0.0910 e. The molecule has 2 heterocycles. The predicted octanol–water partition coefficient (Wildman–Crippen LogP) is 8.22. The molecule has 0 spiro atoms. The number of unbranched alkanes of at least 4 members (excludes halogenated alkanes) is 4. The average molecular weight is 595 g/mol. The lowest BCUT2D eigenvalue weighted by Crippen LogP contribution is -2.36. The summed E-state index contributed by atoms with van der Waals surface area (Å²) in [6.07, 6.45) is 9.85. The van der Waals surface area contributed by atoms with Crippen LogP contribution in [0.2, 0.25) is 0 Å². The van der Waals surface area contributed by atoms with E-state index < -0.39 is 15.8 Å². The van der Waals surface area contributed by atoms with Gasteiger partial charge in [0.05, 0.1) is 24.4 Å². The Morgan fingerprint density at radius 2 is 0.725 bits per heavy atom. The maximum absolute atomic E-state index is 6.63. The fraction of sp³-hybridized carbons (Fsp3) is 0.824. The Morgan fingerprint density at radius 3 is 0.950 bits per heavy atom. The molecule has 2 fully saturated rings. The van der Waals surface area contributed by atoms with Gasteiger partial charge in [0, 0.05) is 49.1 Å².